The van der Waals surface area contributed by atoms with Gasteiger partial charge in [0.15, 0.2) is 0 Å². The highest BCUT2D eigenvalue weighted by molar-refractivity contribution is 5.59. The second-order valence-electron chi connectivity index (χ2n) is 5.58. The molecule has 2 aromatic rings. The first-order valence-electron chi connectivity index (χ1n) is 7.11. The van der Waals surface area contributed by atoms with Gasteiger partial charge in [-0.3, -0.25) is 0 Å². The predicted molar refractivity (Wildman–Crippen MR) is 79.2 cm³/mol. The van der Waals surface area contributed by atoms with E-state index in [0.29, 0.717) is 11.8 Å². The number of hydrogen-bond acceptors (Lipinski definition) is 1. The Hall–Kier alpha value is -2.09. The molecule has 0 aromatic heterocycles. The van der Waals surface area contributed by atoms with Crippen molar-refractivity contribution >= 4 is 5.69 Å². The van der Waals surface area contributed by atoms with Gasteiger partial charge in [0.2, 0.25) is 0 Å². The maximum absolute atomic E-state index is 14.1. The first-order valence-corrected chi connectivity index (χ1v) is 7.11. The Kier molecular flexibility index (Phi) is 2.62. The van der Waals surface area contributed by atoms with E-state index >= 15 is 0 Å². The van der Waals surface area contributed by atoms with Gasteiger partial charge in [-0.15, -0.1) is 0 Å². The summed E-state index contributed by atoms with van der Waals surface area (Å²) in [6.07, 6.45) is 5.51. The number of hydrogen-bond donors (Lipinski definition) is 1. The number of allylic oxidation sites excluding steroid dienone is 2. The number of rotatable bonds is 1. The zero-order chi connectivity index (χ0) is 13.5. The fourth-order valence-corrected chi connectivity index (χ4v) is 3.58. The van der Waals surface area contributed by atoms with E-state index in [1.165, 1.54) is 5.56 Å². The van der Waals surface area contributed by atoms with Crippen LogP contribution in [0.1, 0.15) is 29.5 Å². The summed E-state index contributed by atoms with van der Waals surface area (Å²) >= 11 is 0. The largest absolute Gasteiger partial charge is 0.378 e. The summed E-state index contributed by atoms with van der Waals surface area (Å²) < 4.78 is 14.1. The van der Waals surface area contributed by atoms with Gasteiger partial charge < -0.3 is 5.32 Å². The molecule has 0 bridgehead atoms. The molecule has 0 fully saturated rings. The minimum atomic E-state index is -0.116. The average Bonchev–Trinajstić information content (AvgIpc) is 2.97. The summed E-state index contributed by atoms with van der Waals surface area (Å²) in [7, 11) is 0. The number of nitrogens with one attached hydrogen (secondary N) is 1. The first kappa shape index (κ1) is 11.7. The minimum Gasteiger partial charge on any atom is -0.378 e. The number of halogens is 1. The Bertz CT molecular complexity index is 677. The molecule has 0 saturated heterocycles. The Morgan fingerprint density at radius 1 is 0.950 bits per heavy atom. The van der Waals surface area contributed by atoms with Gasteiger partial charge in [0, 0.05) is 17.2 Å². The van der Waals surface area contributed by atoms with E-state index in [1.54, 1.807) is 12.1 Å². The molecule has 2 aromatic carbocycles. The van der Waals surface area contributed by atoms with Crippen molar-refractivity contribution in [1.82, 2.24) is 0 Å². The van der Waals surface area contributed by atoms with Crippen molar-refractivity contribution in [3.8, 4) is 0 Å². The molecular formula is C18H16FN. The van der Waals surface area contributed by atoms with Gasteiger partial charge in [0.05, 0.1) is 6.04 Å². The SMILES string of the molecule is Fc1ccccc1[C@H]1Nc2ccccc2[C@@H]2C=CC[C@@H]12. The van der Waals surface area contributed by atoms with Crippen molar-refractivity contribution in [2.75, 3.05) is 5.32 Å². The van der Waals surface area contributed by atoms with Gasteiger partial charge in [-0.25, -0.2) is 4.39 Å². The number of para-hydroxylation sites is 1. The van der Waals surface area contributed by atoms with E-state index < -0.39 is 0 Å². The van der Waals surface area contributed by atoms with Crippen LogP contribution in [-0.2, 0) is 0 Å². The summed E-state index contributed by atoms with van der Waals surface area (Å²) in [5, 5.41) is 3.55. The number of fused-ring (bicyclic) bond motifs is 3. The lowest BCUT2D eigenvalue weighted by molar-refractivity contribution is 0.413. The monoisotopic (exact) mass is 265 g/mol. The molecule has 2 heteroatoms. The third kappa shape index (κ3) is 1.68. The van der Waals surface area contributed by atoms with E-state index in [0.717, 1.165) is 17.7 Å². The van der Waals surface area contributed by atoms with E-state index in [9.17, 15) is 4.39 Å². The summed E-state index contributed by atoms with van der Waals surface area (Å²) in [5.41, 5.74) is 3.24. The maximum atomic E-state index is 14.1. The van der Waals surface area contributed by atoms with Crippen LogP contribution in [0.25, 0.3) is 0 Å². The molecule has 1 nitrogen and oxygen atoms in total. The van der Waals surface area contributed by atoms with Gasteiger partial charge in [-0.2, -0.15) is 0 Å². The van der Waals surface area contributed by atoms with Crippen molar-refractivity contribution in [2.45, 2.75) is 18.4 Å². The molecule has 1 aliphatic heterocycles. The van der Waals surface area contributed by atoms with Gasteiger partial charge in [-0.1, -0.05) is 48.6 Å². The Morgan fingerprint density at radius 3 is 2.55 bits per heavy atom. The van der Waals surface area contributed by atoms with Crippen molar-refractivity contribution < 1.29 is 4.39 Å². The highest BCUT2D eigenvalue weighted by atomic mass is 19.1. The quantitative estimate of drug-likeness (QED) is 0.740. The Labute approximate surface area is 118 Å². The van der Waals surface area contributed by atoms with Crippen molar-refractivity contribution in [3.63, 3.8) is 0 Å². The van der Waals surface area contributed by atoms with Crippen molar-refractivity contribution in [3.05, 3.63) is 77.6 Å². The molecule has 100 valence electrons. The van der Waals surface area contributed by atoms with Crippen LogP contribution in [0.5, 0.6) is 0 Å². The molecule has 1 N–H and O–H groups in total. The number of benzene rings is 2. The zero-order valence-corrected chi connectivity index (χ0v) is 11.1. The second-order valence-corrected chi connectivity index (χ2v) is 5.58. The third-order valence-corrected chi connectivity index (χ3v) is 4.51. The lowest BCUT2D eigenvalue weighted by Crippen LogP contribution is -2.29. The van der Waals surface area contributed by atoms with Crippen molar-refractivity contribution in [2.24, 2.45) is 5.92 Å². The predicted octanol–water partition coefficient (Wildman–Crippen LogP) is 4.65. The minimum absolute atomic E-state index is 0.0473. The van der Waals surface area contributed by atoms with E-state index in [-0.39, 0.29) is 11.9 Å². The van der Waals surface area contributed by atoms with Crippen molar-refractivity contribution in [1.29, 1.82) is 0 Å². The van der Waals surface area contributed by atoms with Crippen LogP contribution < -0.4 is 5.32 Å². The van der Waals surface area contributed by atoms with Crippen LogP contribution in [0.3, 0.4) is 0 Å². The zero-order valence-electron chi connectivity index (χ0n) is 11.1. The summed E-state index contributed by atoms with van der Waals surface area (Å²) in [5.74, 6) is 0.689. The molecule has 0 saturated carbocycles. The van der Waals surface area contributed by atoms with Gasteiger partial charge >= 0.3 is 0 Å². The molecule has 2 aliphatic rings. The first-order chi connectivity index (χ1) is 9.84. The lowest BCUT2D eigenvalue weighted by atomic mass is 9.77. The molecule has 4 rings (SSSR count). The molecule has 20 heavy (non-hydrogen) atoms. The molecule has 0 spiro atoms. The highest BCUT2D eigenvalue weighted by Crippen LogP contribution is 2.49. The second kappa shape index (κ2) is 4.48. The molecule has 1 heterocycles. The molecular weight excluding hydrogens is 249 g/mol. The van der Waals surface area contributed by atoms with Crippen LogP contribution in [0, 0.1) is 11.7 Å². The van der Waals surface area contributed by atoms with Crippen LogP contribution in [0.4, 0.5) is 10.1 Å². The van der Waals surface area contributed by atoms with Gasteiger partial charge in [0.1, 0.15) is 5.82 Å². The van der Waals surface area contributed by atoms with E-state index in [1.807, 2.05) is 18.2 Å². The highest BCUT2D eigenvalue weighted by Gasteiger charge is 2.38. The van der Waals surface area contributed by atoms with Gasteiger partial charge in [-0.05, 0) is 30.0 Å². The maximum Gasteiger partial charge on any atom is 0.128 e. The Morgan fingerprint density at radius 2 is 1.70 bits per heavy atom. The smallest absolute Gasteiger partial charge is 0.128 e. The van der Waals surface area contributed by atoms with Crippen LogP contribution in [0.15, 0.2) is 60.7 Å². The Balaban J connectivity index is 1.82. The van der Waals surface area contributed by atoms with E-state index in [4.69, 9.17) is 0 Å². The fraction of sp³-hybridized carbons (Fsp3) is 0.222. The average molecular weight is 265 g/mol. The summed E-state index contributed by atoms with van der Waals surface area (Å²) in [6.45, 7) is 0. The lowest BCUT2D eigenvalue weighted by Gasteiger charge is -2.37. The third-order valence-electron chi connectivity index (χ3n) is 4.51. The normalized spacial score (nSPS) is 26.8. The topological polar surface area (TPSA) is 12.0 Å². The van der Waals surface area contributed by atoms with Crippen LogP contribution in [0.2, 0.25) is 0 Å². The molecule has 0 amide bonds. The molecule has 0 unspecified atom stereocenters. The van der Waals surface area contributed by atoms with Gasteiger partial charge in [0.25, 0.3) is 0 Å². The summed E-state index contributed by atoms with van der Waals surface area (Å²) in [4.78, 5) is 0. The van der Waals surface area contributed by atoms with Crippen LogP contribution in [-0.4, -0.2) is 0 Å². The molecule has 1 aliphatic carbocycles. The summed E-state index contributed by atoms with van der Waals surface area (Å²) in [6, 6.07) is 15.5. The van der Waals surface area contributed by atoms with Crippen LogP contribution >= 0.6 is 0 Å². The standard InChI is InChI=1S/C18H16FN/c19-16-10-3-1-7-15(16)18-14-9-5-8-12(14)13-6-2-4-11-17(13)20-18/h1-8,10-12,14,18,20H,9H2/t12-,14+,18-/m0/s1. The fourth-order valence-electron chi connectivity index (χ4n) is 3.58. The van der Waals surface area contributed by atoms with E-state index in [2.05, 4.69) is 35.7 Å². The molecule has 3 atom stereocenters. The number of anilines is 1. The molecule has 0 radical (unpaired) electrons.